The van der Waals surface area contributed by atoms with Crippen molar-refractivity contribution in [3.8, 4) is 0 Å². The molecule has 1 aromatic heterocycles. The number of aromatic nitrogens is 1. The summed E-state index contributed by atoms with van der Waals surface area (Å²) in [4.78, 5) is 13.2. The molecule has 1 saturated carbocycles. The Hall–Kier alpha value is -0.980. The highest BCUT2D eigenvalue weighted by atomic mass is 79.9. The summed E-state index contributed by atoms with van der Waals surface area (Å²) in [6, 6.07) is 1.84. The van der Waals surface area contributed by atoms with Gasteiger partial charge in [-0.15, -0.1) is 0 Å². The van der Waals surface area contributed by atoms with Crippen LogP contribution in [-0.4, -0.2) is 34.6 Å². The van der Waals surface area contributed by atoms with Crippen LogP contribution in [0.2, 0.25) is 0 Å². The largest absolute Gasteiger partial charge is 0.406 e. The van der Waals surface area contributed by atoms with Gasteiger partial charge >= 0.3 is 6.18 Å². The summed E-state index contributed by atoms with van der Waals surface area (Å²) in [6.07, 6.45) is -0.183. The number of carbonyl (C=O) groups excluding carboxylic acids is 1. The summed E-state index contributed by atoms with van der Waals surface area (Å²) in [7, 11) is 0. The van der Waals surface area contributed by atoms with E-state index in [0.717, 1.165) is 22.2 Å². The van der Waals surface area contributed by atoms with Gasteiger partial charge < -0.3 is 9.47 Å². The zero-order valence-electron chi connectivity index (χ0n) is 11.1. The molecular weight excluding hydrogens is 337 g/mol. The molecule has 0 atom stereocenters. The highest BCUT2D eigenvalue weighted by Crippen LogP contribution is 2.37. The molecule has 1 fully saturated rings. The molecule has 1 heterocycles. The van der Waals surface area contributed by atoms with Crippen LogP contribution in [0.3, 0.4) is 0 Å². The van der Waals surface area contributed by atoms with Gasteiger partial charge in [0, 0.05) is 23.3 Å². The number of carbonyl (C=O) groups is 1. The lowest BCUT2D eigenvalue weighted by atomic mass is 10.3. The van der Waals surface area contributed by atoms with Gasteiger partial charge in [0.1, 0.15) is 12.2 Å². The van der Waals surface area contributed by atoms with Gasteiger partial charge in [-0.3, -0.25) is 4.79 Å². The predicted molar refractivity (Wildman–Crippen MR) is 72.7 cm³/mol. The SMILES string of the molecule is CCCN(CC(F)(F)F)C(=O)c1cc(Br)cn1C1CC1. The number of rotatable bonds is 5. The molecule has 0 bridgehead atoms. The fourth-order valence-corrected chi connectivity index (χ4v) is 2.61. The average Bonchev–Trinajstić information content (AvgIpc) is 3.09. The molecule has 0 saturated heterocycles. The molecule has 1 amide bonds. The van der Waals surface area contributed by atoms with Gasteiger partial charge in [-0.2, -0.15) is 13.2 Å². The van der Waals surface area contributed by atoms with E-state index in [0.29, 0.717) is 12.1 Å². The summed E-state index contributed by atoms with van der Waals surface area (Å²) >= 11 is 3.28. The smallest absolute Gasteiger partial charge is 0.339 e. The predicted octanol–water partition coefficient (Wildman–Crippen LogP) is 4.00. The quantitative estimate of drug-likeness (QED) is 0.786. The summed E-state index contributed by atoms with van der Waals surface area (Å²) in [6.45, 7) is 0.658. The lowest BCUT2D eigenvalue weighted by molar-refractivity contribution is -0.140. The maximum absolute atomic E-state index is 12.6. The van der Waals surface area contributed by atoms with Gasteiger partial charge in [-0.1, -0.05) is 6.92 Å². The summed E-state index contributed by atoms with van der Waals surface area (Å²) < 4.78 is 40.2. The minimum atomic E-state index is -4.38. The highest BCUT2D eigenvalue weighted by Gasteiger charge is 2.35. The second-order valence-corrected chi connectivity index (χ2v) is 5.94. The first-order valence-corrected chi connectivity index (χ1v) is 7.34. The van der Waals surface area contributed by atoms with Gasteiger partial charge in [-0.05, 0) is 41.3 Å². The van der Waals surface area contributed by atoms with Crippen LogP contribution in [0.4, 0.5) is 13.2 Å². The topological polar surface area (TPSA) is 25.2 Å². The Labute approximate surface area is 123 Å². The maximum Gasteiger partial charge on any atom is 0.406 e. The molecule has 7 heteroatoms. The van der Waals surface area contributed by atoms with Gasteiger partial charge in [0.25, 0.3) is 5.91 Å². The molecule has 20 heavy (non-hydrogen) atoms. The molecule has 0 aliphatic heterocycles. The molecule has 112 valence electrons. The third-order valence-electron chi connectivity index (χ3n) is 3.13. The van der Waals surface area contributed by atoms with E-state index in [9.17, 15) is 18.0 Å². The Bertz CT molecular complexity index is 494. The van der Waals surface area contributed by atoms with Crippen molar-refractivity contribution < 1.29 is 18.0 Å². The average molecular weight is 353 g/mol. The van der Waals surface area contributed by atoms with E-state index in [4.69, 9.17) is 0 Å². The lowest BCUT2D eigenvalue weighted by Crippen LogP contribution is -2.40. The molecule has 0 aromatic carbocycles. The first-order chi connectivity index (χ1) is 9.31. The first-order valence-electron chi connectivity index (χ1n) is 6.55. The monoisotopic (exact) mass is 352 g/mol. The number of halogens is 4. The Morgan fingerprint density at radius 3 is 2.65 bits per heavy atom. The number of hydrogen-bond acceptors (Lipinski definition) is 1. The Morgan fingerprint density at radius 2 is 2.15 bits per heavy atom. The molecular formula is C13H16BrF3N2O. The fourth-order valence-electron chi connectivity index (χ4n) is 2.17. The maximum atomic E-state index is 12.6. The number of nitrogens with zero attached hydrogens (tertiary/aromatic N) is 2. The van der Waals surface area contributed by atoms with Crippen molar-refractivity contribution in [3.05, 3.63) is 22.4 Å². The van der Waals surface area contributed by atoms with Gasteiger partial charge in [0.15, 0.2) is 0 Å². The van der Waals surface area contributed by atoms with E-state index < -0.39 is 18.6 Å². The molecule has 1 aromatic rings. The van der Waals surface area contributed by atoms with Crippen molar-refractivity contribution in [2.24, 2.45) is 0 Å². The molecule has 0 unspecified atom stereocenters. The van der Waals surface area contributed by atoms with E-state index in [-0.39, 0.29) is 12.6 Å². The summed E-state index contributed by atoms with van der Waals surface area (Å²) in [5.74, 6) is -0.554. The second-order valence-electron chi connectivity index (χ2n) is 5.02. The normalized spacial score (nSPS) is 15.4. The van der Waals surface area contributed by atoms with Crippen LogP contribution in [0.15, 0.2) is 16.7 Å². The van der Waals surface area contributed by atoms with Crippen molar-refractivity contribution in [1.29, 1.82) is 0 Å². The van der Waals surface area contributed by atoms with E-state index >= 15 is 0 Å². The van der Waals surface area contributed by atoms with Crippen molar-refractivity contribution in [1.82, 2.24) is 9.47 Å². The van der Waals surface area contributed by atoms with Crippen molar-refractivity contribution in [3.63, 3.8) is 0 Å². The standard InChI is InChI=1S/C13H16BrF3N2O/c1-2-5-18(8-13(15,16)17)12(20)11-6-9(14)7-19(11)10-3-4-10/h6-7,10H,2-5,8H2,1H3. The number of hydrogen-bond donors (Lipinski definition) is 0. The van der Waals surface area contributed by atoms with E-state index in [2.05, 4.69) is 15.9 Å². The van der Waals surface area contributed by atoms with Crippen LogP contribution in [-0.2, 0) is 0 Å². The van der Waals surface area contributed by atoms with Crippen LogP contribution < -0.4 is 0 Å². The molecule has 0 radical (unpaired) electrons. The van der Waals surface area contributed by atoms with Gasteiger partial charge in [0.05, 0.1) is 0 Å². The van der Waals surface area contributed by atoms with Crippen molar-refractivity contribution in [2.45, 2.75) is 38.4 Å². The van der Waals surface area contributed by atoms with Crippen molar-refractivity contribution in [2.75, 3.05) is 13.1 Å². The van der Waals surface area contributed by atoms with Crippen LogP contribution in [0.1, 0.15) is 42.7 Å². The summed E-state index contributed by atoms with van der Waals surface area (Å²) in [5.41, 5.74) is 0.331. The van der Waals surface area contributed by atoms with Crippen LogP contribution in [0.25, 0.3) is 0 Å². The van der Waals surface area contributed by atoms with E-state index in [1.165, 1.54) is 0 Å². The first kappa shape index (κ1) is 15.4. The van der Waals surface area contributed by atoms with E-state index in [1.54, 1.807) is 23.8 Å². The Kier molecular flexibility index (Phi) is 4.46. The van der Waals surface area contributed by atoms with Crippen LogP contribution in [0.5, 0.6) is 0 Å². The molecule has 0 N–H and O–H groups in total. The third-order valence-corrected chi connectivity index (χ3v) is 3.56. The Morgan fingerprint density at radius 1 is 1.50 bits per heavy atom. The molecule has 1 aliphatic rings. The van der Waals surface area contributed by atoms with E-state index in [1.807, 2.05) is 0 Å². The van der Waals surface area contributed by atoms with Crippen LogP contribution in [0, 0.1) is 0 Å². The third kappa shape index (κ3) is 3.77. The van der Waals surface area contributed by atoms with Crippen LogP contribution >= 0.6 is 15.9 Å². The highest BCUT2D eigenvalue weighted by molar-refractivity contribution is 9.10. The fraction of sp³-hybridized carbons (Fsp3) is 0.615. The van der Waals surface area contributed by atoms with Gasteiger partial charge in [0.2, 0.25) is 0 Å². The lowest BCUT2D eigenvalue weighted by Gasteiger charge is -2.24. The zero-order valence-corrected chi connectivity index (χ0v) is 12.7. The molecule has 0 spiro atoms. The molecule has 3 nitrogen and oxygen atoms in total. The van der Waals surface area contributed by atoms with Gasteiger partial charge in [-0.25, -0.2) is 0 Å². The second kappa shape index (κ2) is 5.79. The van der Waals surface area contributed by atoms with Crippen molar-refractivity contribution >= 4 is 21.8 Å². The minimum Gasteiger partial charge on any atom is -0.339 e. The number of alkyl halides is 3. The summed E-state index contributed by atoms with van der Waals surface area (Å²) in [5, 5.41) is 0. The Balaban J connectivity index is 2.22. The molecule has 2 rings (SSSR count). The molecule has 1 aliphatic carbocycles. The zero-order chi connectivity index (χ0) is 14.9. The number of amides is 1. The minimum absolute atomic E-state index is 0.103.